The van der Waals surface area contributed by atoms with Crippen LogP contribution >= 0.6 is 0 Å². The fourth-order valence-electron chi connectivity index (χ4n) is 3.26. The van der Waals surface area contributed by atoms with Gasteiger partial charge in [0.2, 0.25) is 5.95 Å². The average Bonchev–Trinajstić information content (AvgIpc) is 3.07. The van der Waals surface area contributed by atoms with Crippen LogP contribution in [0.1, 0.15) is 38.1 Å². The predicted octanol–water partition coefficient (Wildman–Crippen LogP) is 3.18. The van der Waals surface area contributed by atoms with Crippen LogP contribution in [0.2, 0.25) is 0 Å². The summed E-state index contributed by atoms with van der Waals surface area (Å²) in [6.45, 7) is 6.42. The van der Waals surface area contributed by atoms with Crippen molar-refractivity contribution < 1.29 is 19.2 Å². The third-order valence-corrected chi connectivity index (χ3v) is 4.45. The molecule has 0 bridgehead atoms. The Morgan fingerprint density at radius 2 is 2.14 bits per heavy atom. The molecule has 28 heavy (non-hydrogen) atoms. The Bertz CT molecular complexity index is 934. The summed E-state index contributed by atoms with van der Waals surface area (Å²) in [5.74, 6) is 0.0578. The number of nitro groups is 1. The lowest BCUT2D eigenvalue weighted by Gasteiger charge is -2.31. The number of hydrogen-bond acceptors (Lipinski definition) is 7. The SMILES string of the molecule is CCOCc1cnc2n1C(c1cccc([N+](=O)[O-])c1)C(C(=O)OCC)=C(C)N2. The number of hydrogen-bond donors (Lipinski definition) is 1. The van der Waals surface area contributed by atoms with E-state index in [0.29, 0.717) is 36.0 Å². The first-order valence-electron chi connectivity index (χ1n) is 9.01. The first kappa shape index (κ1) is 19.6. The highest BCUT2D eigenvalue weighted by molar-refractivity contribution is 5.92. The molecule has 1 aliphatic heterocycles. The van der Waals surface area contributed by atoms with Gasteiger partial charge in [-0.15, -0.1) is 0 Å². The zero-order valence-electron chi connectivity index (χ0n) is 16.0. The summed E-state index contributed by atoms with van der Waals surface area (Å²) in [5, 5.41) is 14.4. The molecular weight excluding hydrogens is 364 g/mol. The maximum Gasteiger partial charge on any atom is 0.338 e. The molecule has 1 N–H and O–H groups in total. The number of fused-ring (bicyclic) bond motifs is 1. The highest BCUT2D eigenvalue weighted by Crippen LogP contribution is 2.38. The third kappa shape index (κ3) is 3.61. The Balaban J connectivity index is 2.18. The summed E-state index contributed by atoms with van der Waals surface area (Å²) >= 11 is 0. The van der Waals surface area contributed by atoms with Gasteiger partial charge in [0.15, 0.2) is 0 Å². The number of nitro benzene ring substituents is 1. The maximum atomic E-state index is 12.7. The van der Waals surface area contributed by atoms with Crippen LogP contribution in [0.15, 0.2) is 41.7 Å². The van der Waals surface area contributed by atoms with Gasteiger partial charge in [-0.05, 0) is 26.3 Å². The van der Waals surface area contributed by atoms with Gasteiger partial charge in [0.05, 0.1) is 41.6 Å². The van der Waals surface area contributed by atoms with Crippen molar-refractivity contribution in [3.05, 3.63) is 63.1 Å². The Labute approximate surface area is 162 Å². The smallest absolute Gasteiger partial charge is 0.338 e. The second kappa shape index (κ2) is 8.22. The van der Waals surface area contributed by atoms with Crippen molar-refractivity contribution in [2.45, 2.75) is 33.4 Å². The van der Waals surface area contributed by atoms with Gasteiger partial charge < -0.3 is 14.8 Å². The molecule has 0 spiro atoms. The summed E-state index contributed by atoms with van der Waals surface area (Å²) in [6.07, 6.45) is 1.67. The summed E-state index contributed by atoms with van der Waals surface area (Å²) in [6, 6.07) is 5.63. The van der Waals surface area contributed by atoms with Crippen molar-refractivity contribution in [1.29, 1.82) is 0 Å². The fourth-order valence-corrected chi connectivity index (χ4v) is 3.26. The van der Waals surface area contributed by atoms with E-state index in [1.165, 1.54) is 12.1 Å². The first-order chi connectivity index (χ1) is 13.5. The Hall–Kier alpha value is -3.20. The van der Waals surface area contributed by atoms with Crippen LogP contribution < -0.4 is 5.32 Å². The molecule has 1 aliphatic rings. The number of rotatable bonds is 7. The molecule has 0 aliphatic carbocycles. The van der Waals surface area contributed by atoms with Crippen LogP contribution in [0.4, 0.5) is 11.6 Å². The number of carbonyl (C=O) groups is 1. The summed E-state index contributed by atoms with van der Waals surface area (Å²) in [4.78, 5) is 27.9. The predicted molar refractivity (Wildman–Crippen MR) is 102 cm³/mol. The number of esters is 1. The average molecular weight is 386 g/mol. The van der Waals surface area contributed by atoms with E-state index in [1.807, 2.05) is 11.5 Å². The van der Waals surface area contributed by atoms with Crippen LogP contribution in [0.25, 0.3) is 0 Å². The van der Waals surface area contributed by atoms with Gasteiger partial charge in [-0.25, -0.2) is 9.78 Å². The molecule has 0 radical (unpaired) electrons. The van der Waals surface area contributed by atoms with E-state index >= 15 is 0 Å². The molecule has 9 nitrogen and oxygen atoms in total. The van der Waals surface area contributed by atoms with Crippen LogP contribution in [-0.2, 0) is 20.9 Å². The number of imidazole rings is 1. The number of non-ortho nitro benzene ring substituents is 1. The van der Waals surface area contributed by atoms with E-state index in [9.17, 15) is 14.9 Å². The van der Waals surface area contributed by atoms with Crippen LogP contribution in [0.5, 0.6) is 0 Å². The number of allylic oxidation sites excluding steroid dienone is 1. The number of aromatic nitrogens is 2. The Kier molecular flexibility index (Phi) is 5.74. The van der Waals surface area contributed by atoms with E-state index in [2.05, 4.69) is 10.3 Å². The number of nitrogens with one attached hydrogen (secondary N) is 1. The minimum atomic E-state index is -0.617. The number of carbonyl (C=O) groups excluding carboxylic acids is 1. The highest BCUT2D eigenvalue weighted by Gasteiger charge is 2.35. The monoisotopic (exact) mass is 386 g/mol. The largest absolute Gasteiger partial charge is 0.463 e. The maximum absolute atomic E-state index is 12.7. The summed E-state index contributed by atoms with van der Waals surface area (Å²) in [5.41, 5.74) is 2.26. The van der Waals surface area contributed by atoms with Gasteiger partial charge in [-0.1, -0.05) is 12.1 Å². The van der Waals surface area contributed by atoms with Gasteiger partial charge in [0, 0.05) is 24.4 Å². The van der Waals surface area contributed by atoms with Gasteiger partial charge >= 0.3 is 5.97 Å². The molecular formula is C19H22N4O5. The highest BCUT2D eigenvalue weighted by atomic mass is 16.6. The van der Waals surface area contributed by atoms with E-state index in [1.54, 1.807) is 32.2 Å². The number of benzene rings is 1. The second-order valence-corrected chi connectivity index (χ2v) is 6.22. The van der Waals surface area contributed by atoms with Gasteiger partial charge in [-0.3, -0.25) is 14.7 Å². The first-order valence-corrected chi connectivity index (χ1v) is 9.01. The van der Waals surface area contributed by atoms with Crippen LogP contribution in [0, 0.1) is 10.1 Å². The van der Waals surface area contributed by atoms with Crippen molar-refractivity contribution in [3.8, 4) is 0 Å². The quantitative estimate of drug-likeness (QED) is 0.442. The van der Waals surface area contributed by atoms with E-state index < -0.39 is 16.9 Å². The third-order valence-electron chi connectivity index (χ3n) is 4.45. The van der Waals surface area contributed by atoms with Crippen LogP contribution in [0.3, 0.4) is 0 Å². The van der Waals surface area contributed by atoms with Crippen molar-refractivity contribution in [1.82, 2.24) is 9.55 Å². The molecule has 1 unspecified atom stereocenters. The lowest BCUT2D eigenvalue weighted by molar-refractivity contribution is -0.384. The molecule has 2 heterocycles. The summed E-state index contributed by atoms with van der Waals surface area (Å²) < 4.78 is 12.6. The number of ether oxygens (including phenoxy) is 2. The van der Waals surface area contributed by atoms with Crippen LogP contribution in [-0.4, -0.2) is 33.7 Å². The van der Waals surface area contributed by atoms with Gasteiger partial charge in [-0.2, -0.15) is 0 Å². The standard InChI is InChI=1S/C19H22N4O5/c1-4-27-11-15-10-20-19-21-12(3)16(18(24)28-5-2)17(22(15)19)13-7-6-8-14(9-13)23(25)26/h6-10,17H,4-5,11H2,1-3H3,(H,20,21). The molecule has 0 amide bonds. The van der Waals surface area contributed by atoms with Crippen molar-refractivity contribution in [2.75, 3.05) is 18.5 Å². The molecule has 148 valence electrons. The zero-order chi connectivity index (χ0) is 20.3. The van der Waals surface area contributed by atoms with Gasteiger partial charge in [0.1, 0.15) is 0 Å². The Morgan fingerprint density at radius 1 is 1.36 bits per heavy atom. The second-order valence-electron chi connectivity index (χ2n) is 6.22. The van der Waals surface area contributed by atoms with Crippen molar-refractivity contribution in [3.63, 3.8) is 0 Å². The molecule has 1 atom stereocenters. The normalized spacial score (nSPS) is 15.8. The molecule has 0 saturated carbocycles. The van der Waals surface area contributed by atoms with E-state index in [-0.39, 0.29) is 12.3 Å². The Morgan fingerprint density at radius 3 is 2.82 bits per heavy atom. The molecule has 1 aromatic heterocycles. The lowest BCUT2D eigenvalue weighted by Crippen LogP contribution is -2.30. The number of anilines is 1. The number of nitrogens with zero attached hydrogens (tertiary/aromatic N) is 3. The van der Waals surface area contributed by atoms with E-state index in [0.717, 1.165) is 5.69 Å². The zero-order valence-corrected chi connectivity index (χ0v) is 16.0. The van der Waals surface area contributed by atoms with Crippen molar-refractivity contribution >= 4 is 17.6 Å². The lowest BCUT2D eigenvalue weighted by atomic mass is 9.94. The van der Waals surface area contributed by atoms with E-state index in [4.69, 9.17) is 9.47 Å². The van der Waals surface area contributed by atoms with Gasteiger partial charge in [0.25, 0.3) is 5.69 Å². The molecule has 0 fully saturated rings. The molecule has 2 aromatic rings. The minimum absolute atomic E-state index is 0.0510. The molecule has 1 aromatic carbocycles. The molecule has 9 heteroatoms. The fraction of sp³-hybridized carbons (Fsp3) is 0.368. The molecule has 0 saturated heterocycles. The summed E-state index contributed by atoms with van der Waals surface area (Å²) in [7, 11) is 0. The van der Waals surface area contributed by atoms with Crippen molar-refractivity contribution in [2.24, 2.45) is 0 Å². The topological polar surface area (TPSA) is 109 Å². The minimum Gasteiger partial charge on any atom is -0.463 e. The molecule has 3 rings (SSSR count).